The van der Waals surface area contributed by atoms with Gasteiger partial charge in [-0.15, -0.1) is 0 Å². The van der Waals surface area contributed by atoms with Gasteiger partial charge in [0.2, 0.25) is 0 Å². The largest absolute Gasteiger partial charge is 0.371 e. The van der Waals surface area contributed by atoms with Gasteiger partial charge in [-0.2, -0.15) is 4.37 Å². The van der Waals surface area contributed by atoms with Gasteiger partial charge in [0.15, 0.2) is 6.29 Å². The molecule has 3 nitrogen and oxygen atoms in total. The Hall–Kier alpha value is -1.42. The van der Waals surface area contributed by atoms with Crippen molar-refractivity contribution in [3.63, 3.8) is 0 Å². The minimum atomic E-state index is 0.574. The van der Waals surface area contributed by atoms with E-state index in [0.29, 0.717) is 5.69 Å². The molecule has 4 rings (SSSR count). The second-order valence-corrected chi connectivity index (χ2v) is 6.53. The van der Waals surface area contributed by atoms with Crippen molar-refractivity contribution in [2.45, 2.75) is 19.3 Å². The van der Waals surface area contributed by atoms with E-state index < -0.39 is 0 Å². The molecule has 1 saturated heterocycles. The fourth-order valence-corrected chi connectivity index (χ4v) is 4.46. The lowest BCUT2D eigenvalue weighted by Gasteiger charge is -2.19. The zero-order chi connectivity index (χ0) is 12.8. The number of hydrogen-bond donors (Lipinski definition) is 0. The molecule has 2 fully saturated rings. The summed E-state index contributed by atoms with van der Waals surface area (Å²) in [6.07, 6.45) is 5.07. The lowest BCUT2D eigenvalue weighted by molar-refractivity contribution is 0.112. The van der Waals surface area contributed by atoms with Crippen molar-refractivity contribution in [3.05, 3.63) is 23.9 Å². The van der Waals surface area contributed by atoms with Crippen LogP contribution in [0.4, 0.5) is 5.69 Å². The molecule has 2 aliphatic rings. The Morgan fingerprint density at radius 1 is 1.26 bits per heavy atom. The first-order valence-corrected chi connectivity index (χ1v) is 7.72. The number of carbonyl (C=O) groups is 1. The van der Waals surface area contributed by atoms with Crippen LogP contribution in [0.2, 0.25) is 0 Å². The number of hydrogen-bond acceptors (Lipinski definition) is 4. The molecule has 19 heavy (non-hydrogen) atoms. The van der Waals surface area contributed by atoms with E-state index >= 15 is 0 Å². The van der Waals surface area contributed by atoms with Gasteiger partial charge in [0, 0.05) is 24.2 Å². The highest BCUT2D eigenvalue weighted by atomic mass is 32.1. The highest BCUT2D eigenvalue weighted by Gasteiger charge is 2.36. The van der Waals surface area contributed by atoms with Gasteiger partial charge in [0.25, 0.3) is 0 Å². The number of rotatable bonds is 2. The van der Waals surface area contributed by atoms with Crippen molar-refractivity contribution in [1.82, 2.24) is 4.37 Å². The number of nitrogens with zero attached hydrogens (tertiary/aromatic N) is 2. The van der Waals surface area contributed by atoms with Crippen LogP contribution in [0.3, 0.4) is 0 Å². The molecule has 1 aliphatic heterocycles. The molecule has 0 bridgehead atoms. The third-order valence-electron chi connectivity index (χ3n) is 4.69. The van der Waals surface area contributed by atoms with Crippen molar-refractivity contribution in [1.29, 1.82) is 0 Å². The van der Waals surface area contributed by atoms with Gasteiger partial charge in [-0.05, 0) is 54.4 Å². The lowest BCUT2D eigenvalue weighted by Crippen LogP contribution is -2.20. The molecule has 1 saturated carbocycles. The average Bonchev–Trinajstić information content (AvgIpc) is 3.11. The van der Waals surface area contributed by atoms with E-state index in [-0.39, 0.29) is 0 Å². The van der Waals surface area contributed by atoms with E-state index in [0.717, 1.165) is 28.2 Å². The topological polar surface area (TPSA) is 33.2 Å². The monoisotopic (exact) mass is 272 g/mol. The van der Waals surface area contributed by atoms with Crippen LogP contribution in [-0.4, -0.2) is 23.7 Å². The molecule has 98 valence electrons. The van der Waals surface area contributed by atoms with E-state index in [1.54, 1.807) is 0 Å². The van der Waals surface area contributed by atoms with E-state index in [1.807, 2.05) is 6.07 Å². The van der Waals surface area contributed by atoms with Crippen LogP contribution >= 0.6 is 11.5 Å². The van der Waals surface area contributed by atoms with E-state index in [9.17, 15) is 4.79 Å². The first kappa shape index (κ1) is 11.4. The Morgan fingerprint density at radius 2 is 2.05 bits per heavy atom. The maximum atomic E-state index is 10.9. The van der Waals surface area contributed by atoms with Crippen LogP contribution in [0.5, 0.6) is 0 Å². The minimum Gasteiger partial charge on any atom is -0.371 e. The molecule has 0 amide bonds. The van der Waals surface area contributed by atoms with Gasteiger partial charge in [-0.25, -0.2) is 0 Å². The molecule has 1 aromatic heterocycles. The van der Waals surface area contributed by atoms with Crippen LogP contribution in [0, 0.1) is 11.8 Å². The zero-order valence-electron chi connectivity index (χ0n) is 10.7. The van der Waals surface area contributed by atoms with Crippen LogP contribution in [0.15, 0.2) is 18.2 Å². The molecular weight excluding hydrogens is 256 g/mol. The number of anilines is 1. The van der Waals surface area contributed by atoms with Crippen molar-refractivity contribution in [2.75, 3.05) is 18.0 Å². The molecule has 0 N–H and O–H groups in total. The summed E-state index contributed by atoms with van der Waals surface area (Å²) in [5, 5.41) is 0.989. The average molecular weight is 272 g/mol. The quantitative estimate of drug-likeness (QED) is 0.786. The third kappa shape index (κ3) is 1.77. The van der Waals surface area contributed by atoms with Gasteiger partial charge < -0.3 is 4.90 Å². The Morgan fingerprint density at radius 3 is 2.79 bits per heavy atom. The highest BCUT2D eigenvalue weighted by molar-refractivity contribution is 7.13. The molecule has 0 spiro atoms. The smallest absolute Gasteiger partial charge is 0.170 e. The van der Waals surface area contributed by atoms with Gasteiger partial charge in [-0.3, -0.25) is 4.79 Å². The second-order valence-electron chi connectivity index (χ2n) is 5.72. The number of aromatic nitrogens is 1. The minimum absolute atomic E-state index is 0.574. The fourth-order valence-electron chi connectivity index (χ4n) is 3.67. The molecule has 2 aromatic rings. The molecule has 4 heteroatoms. The van der Waals surface area contributed by atoms with Crippen LogP contribution in [0.25, 0.3) is 10.1 Å². The lowest BCUT2D eigenvalue weighted by atomic mass is 10.0. The van der Waals surface area contributed by atoms with Gasteiger partial charge in [0.05, 0.1) is 4.70 Å². The van der Waals surface area contributed by atoms with Gasteiger partial charge in [0.1, 0.15) is 5.69 Å². The van der Waals surface area contributed by atoms with E-state index in [4.69, 9.17) is 0 Å². The summed E-state index contributed by atoms with van der Waals surface area (Å²) < 4.78 is 5.32. The normalized spacial score (nSPS) is 26.0. The zero-order valence-corrected chi connectivity index (χ0v) is 11.5. The molecule has 2 atom stereocenters. The number of aldehydes is 1. The third-order valence-corrected chi connectivity index (χ3v) is 5.51. The van der Waals surface area contributed by atoms with Crippen LogP contribution < -0.4 is 4.90 Å². The summed E-state index contributed by atoms with van der Waals surface area (Å²) in [5.74, 6) is 1.81. The molecule has 0 radical (unpaired) electrons. The number of fused-ring (bicyclic) bond motifs is 2. The summed E-state index contributed by atoms with van der Waals surface area (Å²) in [6.45, 7) is 2.41. The van der Waals surface area contributed by atoms with Crippen LogP contribution in [0.1, 0.15) is 29.8 Å². The van der Waals surface area contributed by atoms with Crippen molar-refractivity contribution < 1.29 is 4.79 Å². The Kier molecular flexibility index (Phi) is 2.58. The number of carbonyl (C=O) groups excluding carboxylic acids is 1. The fraction of sp³-hybridized carbons (Fsp3) is 0.467. The Bertz CT molecular complexity index is 624. The van der Waals surface area contributed by atoms with Crippen molar-refractivity contribution in [2.24, 2.45) is 11.8 Å². The predicted molar refractivity (Wildman–Crippen MR) is 78.1 cm³/mol. The van der Waals surface area contributed by atoms with E-state index in [2.05, 4.69) is 21.4 Å². The van der Waals surface area contributed by atoms with Gasteiger partial charge in [-0.1, -0.05) is 6.42 Å². The van der Waals surface area contributed by atoms with Gasteiger partial charge >= 0.3 is 0 Å². The molecular formula is C15H16N2OS. The maximum Gasteiger partial charge on any atom is 0.170 e. The van der Waals surface area contributed by atoms with Crippen molar-refractivity contribution >= 4 is 33.6 Å². The maximum absolute atomic E-state index is 10.9. The summed E-state index contributed by atoms with van der Waals surface area (Å²) in [6, 6.07) is 6.39. The van der Waals surface area contributed by atoms with Crippen LogP contribution in [-0.2, 0) is 0 Å². The summed E-state index contributed by atoms with van der Waals surface area (Å²) in [7, 11) is 0. The standard InChI is InChI=1S/C15H16N2OS/c18-9-14-13-5-4-12(6-15(13)19-16-14)17-7-10-2-1-3-11(10)8-17/h4-6,9-11H,1-3,7-8H2/t10-,11+. The number of benzene rings is 1. The first-order valence-electron chi connectivity index (χ1n) is 6.95. The summed E-state index contributed by atoms with van der Waals surface area (Å²) in [5.41, 5.74) is 1.87. The predicted octanol–water partition coefficient (Wildman–Crippen LogP) is 3.35. The summed E-state index contributed by atoms with van der Waals surface area (Å²) in [4.78, 5) is 13.4. The SMILES string of the molecule is O=Cc1nsc2cc(N3C[C@H]4CCC[C@H]4C3)ccc12. The highest BCUT2D eigenvalue weighted by Crippen LogP contribution is 2.40. The molecule has 1 aromatic carbocycles. The molecule has 1 aliphatic carbocycles. The van der Waals surface area contributed by atoms with Crippen molar-refractivity contribution in [3.8, 4) is 0 Å². The molecule has 0 unspecified atom stereocenters. The molecule has 2 heterocycles. The Labute approximate surface area is 116 Å². The second kappa shape index (κ2) is 4.30. The first-order chi connectivity index (χ1) is 9.35. The Balaban J connectivity index is 1.67. The van der Waals surface area contributed by atoms with E-state index in [1.165, 1.54) is 49.6 Å². The summed E-state index contributed by atoms with van der Waals surface area (Å²) >= 11 is 1.42.